The predicted octanol–water partition coefficient (Wildman–Crippen LogP) is 1.51. The molecule has 1 unspecified atom stereocenters. The highest BCUT2D eigenvalue weighted by Crippen LogP contribution is 2.11. The van der Waals surface area contributed by atoms with Gasteiger partial charge >= 0.3 is 5.97 Å². The van der Waals surface area contributed by atoms with Gasteiger partial charge in [0.25, 0.3) is 0 Å². The number of hydrogen-bond donors (Lipinski definition) is 1. The number of hydrogen-bond acceptors (Lipinski definition) is 4. The van der Waals surface area contributed by atoms with Gasteiger partial charge in [0.05, 0.1) is 13.2 Å². The number of nitrogens with one attached hydrogen (secondary N) is 1. The summed E-state index contributed by atoms with van der Waals surface area (Å²) in [6.07, 6.45) is 4.59. The number of nitrogens with zero attached hydrogens (tertiary/aromatic N) is 2. The first-order valence-electron chi connectivity index (χ1n) is 6.09. The first kappa shape index (κ1) is 13.7. The molecule has 1 N–H and O–H groups in total. The maximum atomic E-state index is 11.6. The molecule has 0 aliphatic heterocycles. The molecule has 0 radical (unpaired) electrons. The van der Waals surface area contributed by atoms with Crippen LogP contribution in [0.4, 0.5) is 0 Å². The summed E-state index contributed by atoms with van der Waals surface area (Å²) in [5, 5.41) is 3.27. The molecular weight excluding hydrogens is 218 g/mol. The van der Waals surface area contributed by atoms with E-state index in [1.54, 1.807) is 6.20 Å². The summed E-state index contributed by atoms with van der Waals surface area (Å²) >= 11 is 0. The zero-order valence-electron chi connectivity index (χ0n) is 10.8. The van der Waals surface area contributed by atoms with E-state index in [1.165, 1.54) is 0 Å². The van der Waals surface area contributed by atoms with Gasteiger partial charge in [0.1, 0.15) is 11.9 Å². The monoisotopic (exact) mass is 239 g/mol. The van der Waals surface area contributed by atoms with Crippen molar-refractivity contribution in [1.82, 2.24) is 14.9 Å². The first-order chi connectivity index (χ1) is 8.20. The van der Waals surface area contributed by atoms with E-state index in [0.29, 0.717) is 13.2 Å². The molecule has 0 aromatic carbocycles. The van der Waals surface area contributed by atoms with E-state index < -0.39 is 0 Å². The molecule has 5 nitrogen and oxygen atoms in total. The quantitative estimate of drug-likeness (QED) is 0.579. The van der Waals surface area contributed by atoms with Gasteiger partial charge in [-0.1, -0.05) is 6.92 Å². The standard InChI is InChI=1S/C12H21N3O2/c1-4-6-13-9-11-14-7-8-15(11)10(3)12(16)17-5-2/h7-8,10,13H,4-6,9H2,1-3H3. The van der Waals surface area contributed by atoms with Crippen LogP contribution in [-0.2, 0) is 16.1 Å². The summed E-state index contributed by atoms with van der Waals surface area (Å²) in [5.74, 6) is 0.640. The molecule has 1 aromatic heterocycles. The number of aromatic nitrogens is 2. The lowest BCUT2D eigenvalue weighted by molar-refractivity contribution is -0.146. The Balaban J connectivity index is 2.63. The van der Waals surface area contributed by atoms with Crippen LogP contribution in [-0.4, -0.2) is 28.7 Å². The van der Waals surface area contributed by atoms with Crippen molar-refractivity contribution in [2.75, 3.05) is 13.2 Å². The zero-order chi connectivity index (χ0) is 12.7. The van der Waals surface area contributed by atoms with Crippen LogP contribution in [0.1, 0.15) is 39.1 Å². The topological polar surface area (TPSA) is 56.2 Å². The van der Waals surface area contributed by atoms with Crippen molar-refractivity contribution in [3.63, 3.8) is 0 Å². The molecule has 17 heavy (non-hydrogen) atoms. The van der Waals surface area contributed by atoms with Crippen LogP contribution in [0.5, 0.6) is 0 Å². The number of esters is 1. The lowest BCUT2D eigenvalue weighted by atomic mass is 10.3. The number of ether oxygens (including phenoxy) is 1. The van der Waals surface area contributed by atoms with Crippen molar-refractivity contribution in [3.8, 4) is 0 Å². The molecule has 0 fully saturated rings. The summed E-state index contributed by atoms with van der Waals surface area (Å²) in [7, 11) is 0. The highest BCUT2D eigenvalue weighted by molar-refractivity contribution is 5.73. The molecule has 96 valence electrons. The predicted molar refractivity (Wildman–Crippen MR) is 65.6 cm³/mol. The second kappa shape index (κ2) is 7.06. The third kappa shape index (κ3) is 3.85. The molecule has 0 aliphatic rings. The molecule has 0 amide bonds. The average Bonchev–Trinajstić information content (AvgIpc) is 2.77. The van der Waals surface area contributed by atoms with Gasteiger partial charge < -0.3 is 14.6 Å². The van der Waals surface area contributed by atoms with Crippen LogP contribution in [0.25, 0.3) is 0 Å². The van der Waals surface area contributed by atoms with Crippen molar-refractivity contribution in [1.29, 1.82) is 0 Å². The number of carbonyl (C=O) groups is 1. The van der Waals surface area contributed by atoms with E-state index in [9.17, 15) is 4.79 Å². The molecule has 0 spiro atoms. The molecule has 1 atom stereocenters. The van der Waals surface area contributed by atoms with Gasteiger partial charge in [-0.25, -0.2) is 9.78 Å². The molecular formula is C12H21N3O2. The Kier molecular flexibility index (Phi) is 5.69. The third-order valence-corrected chi connectivity index (χ3v) is 2.50. The van der Waals surface area contributed by atoms with E-state index in [-0.39, 0.29) is 12.0 Å². The molecule has 0 saturated carbocycles. The Morgan fingerprint density at radius 3 is 3.00 bits per heavy atom. The van der Waals surface area contributed by atoms with Crippen LogP contribution in [0.2, 0.25) is 0 Å². The van der Waals surface area contributed by atoms with Gasteiger partial charge in [0, 0.05) is 12.4 Å². The molecule has 1 rings (SSSR count). The van der Waals surface area contributed by atoms with E-state index in [4.69, 9.17) is 4.74 Å². The van der Waals surface area contributed by atoms with Crippen molar-refractivity contribution in [2.24, 2.45) is 0 Å². The normalized spacial score (nSPS) is 12.4. The Morgan fingerprint density at radius 2 is 2.35 bits per heavy atom. The second-order valence-electron chi connectivity index (χ2n) is 3.86. The fourth-order valence-corrected chi connectivity index (χ4v) is 1.59. The summed E-state index contributed by atoms with van der Waals surface area (Å²) in [6, 6.07) is -0.323. The van der Waals surface area contributed by atoms with Crippen LogP contribution in [0.15, 0.2) is 12.4 Å². The summed E-state index contributed by atoms with van der Waals surface area (Å²) in [5.41, 5.74) is 0. The molecule has 0 bridgehead atoms. The maximum Gasteiger partial charge on any atom is 0.328 e. The Morgan fingerprint density at radius 1 is 1.59 bits per heavy atom. The fourth-order valence-electron chi connectivity index (χ4n) is 1.59. The molecule has 5 heteroatoms. The molecule has 1 aromatic rings. The number of imidazole rings is 1. The van der Waals surface area contributed by atoms with Gasteiger partial charge in [0.15, 0.2) is 0 Å². The van der Waals surface area contributed by atoms with Gasteiger partial charge in [-0.05, 0) is 26.8 Å². The highest BCUT2D eigenvalue weighted by Gasteiger charge is 2.18. The summed E-state index contributed by atoms with van der Waals surface area (Å²) in [4.78, 5) is 15.9. The minimum atomic E-state index is -0.323. The molecule has 1 heterocycles. The summed E-state index contributed by atoms with van der Waals surface area (Å²) < 4.78 is 6.85. The van der Waals surface area contributed by atoms with Gasteiger partial charge in [-0.15, -0.1) is 0 Å². The van der Waals surface area contributed by atoms with Crippen molar-refractivity contribution in [2.45, 2.75) is 39.8 Å². The third-order valence-electron chi connectivity index (χ3n) is 2.50. The summed E-state index contributed by atoms with van der Waals surface area (Å²) in [6.45, 7) is 7.76. The average molecular weight is 239 g/mol. The van der Waals surface area contributed by atoms with Crippen molar-refractivity contribution >= 4 is 5.97 Å². The van der Waals surface area contributed by atoms with Crippen LogP contribution in [0, 0.1) is 0 Å². The van der Waals surface area contributed by atoms with E-state index in [0.717, 1.165) is 18.8 Å². The highest BCUT2D eigenvalue weighted by atomic mass is 16.5. The van der Waals surface area contributed by atoms with Gasteiger partial charge in [0.2, 0.25) is 0 Å². The van der Waals surface area contributed by atoms with Crippen molar-refractivity contribution in [3.05, 3.63) is 18.2 Å². The minimum Gasteiger partial charge on any atom is -0.464 e. The molecule has 0 aliphatic carbocycles. The number of carbonyl (C=O) groups excluding carboxylic acids is 1. The lowest BCUT2D eigenvalue weighted by Crippen LogP contribution is -2.23. The van der Waals surface area contributed by atoms with Crippen LogP contribution in [0.3, 0.4) is 0 Å². The first-order valence-corrected chi connectivity index (χ1v) is 6.09. The lowest BCUT2D eigenvalue weighted by Gasteiger charge is -2.15. The zero-order valence-corrected chi connectivity index (χ0v) is 10.8. The number of rotatable bonds is 7. The van der Waals surface area contributed by atoms with E-state index in [2.05, 4.69) is 17.2 Å². The maximum absolute atomic E-state index is 11.6. The van der Waals surface area contributed by atoms with E-state index >= 15 is 0 Å². The van der Waals surface area contributed by atoms with Crippen LogP contribution < -0.4 is 5.32 Å². The largest absolute Gasteiger partial charge is 0.464 e. The van der Waals surface area contributed by atoms with E-state index in [1.807, 2.05) is 24.6 Å². The Labute approximate surface area is 102 Å². The SMILES string of the molecule is CCCNCc1nccn1C(C)C(=O)OCC. The van der Waals surface area contributed by atoms with Crippen molar-refractivity contribution < 1.29 is 9.53 Å². The fraction of sp³-hybridized carbons (Fsp3) is 0.667. The van der Waals surface area contributed by atoms with Gasteiger partial charge in [-0.2, -0.15) is 0 Å². The smallest absolute Gasteiger partial charge is 0.328 e. The Bertz CT molecular complexity index is 349. The second-order valence-corrected chi connectivity index (χ2v) is 3.86. The Hall–Kier alpha value is -1.36. The minimum absolute atomic E-state index is 0.220. The van der Waals surface area contributed by atoms with Gasteiger partial charge in [-0.3, -0.25) is 0 Å². The van der Waals surface area contributed by atoms with Crippen LogP contribution >= 0.6 is 0 Å². The molecule has 0 saturated heterocycles.